The van der Waals surface area contributed by atoms with Gasteiger partial charge in [0.1, 0.15) is 6.10 Å². The molecule has 448 valence electrons. The number of unbranched alkanes of at least 4 members (excludes halogenated alkanes) is 30. The molecule has 0 aromatic carbocycles. The third-order valence-corrected chi connectivity index (χ3v) is 28.5. The van der Waals surface area contributed by atoms with Crippen molar-refractivity contribution in [1.82, 2.24) is 10.2 Å². The smallest absolute Gasteiger partial charge is 0.296 e. The van der Waals surface area contributed by atoms with Gasteiger partial charge in [-0.15, -0.1) is 0 Å². The highest BCUT2D eigenvalue weighted by Gasteiger charge is 2.46. The average molecular weight is 1100 g/mol. The highest BCUT2D eigenvalue weighted by atomic mass is 28.4. The van der Waals surface area contributed by atoms with E-state index < -0.39 is 22.7 Å². The maximum atomic E-state index is 10.4. The zero-order chi connectivity index (χ0) is 56.7. The van der Waals surface area contributed by atoms with Crippen molar-refractivity contribution in [3.63, 3.8) is 0 Å². The van der Waals surface area contributed by atoms with Crippen molar-refractivity contribution in [2.75, 3.05) is 39.6 Å². The normalized spacial score (nSPS) is 13.1. The van der Waals surface area contributed by atoms with Crippen LogP contribution < -0.4 is 4.74 Å². The molecule has 0 bridgehead atoms. The van der Waals surface area contributed by atoms with Gasteiger partial charge in [-0.2, -0.15) is 0 Å². The molecule has 0 aliphatic rings. The van der Waals surface area contributed by atoms with Crippen molar-refractivity contribution in [3.8, 4) is 5.88 Å². The van der Waals surface area contributed by atoms with Gasteiger partial charge < -0.3 is 33.0 Å². The maximum absolute atomic E-state index is 10.4. The highest BCUT2D eigenvalue weighted by molar-refractivity contribution is 6.78. The van der Waals surface area contributed by atoms with E-state index in [-0.39, 0.29) is 11.9 Å². The summed E-state index contributed by atoms with van der Waals surface area (Å²) in [5, 5.41) is 18.4. The number of aliphatic hydroxyl groups excluding tert-OH is 1. The molecule has 0 saturated carbocycles. The van der Waals surface area contributed by atoms with E-state index >= 15 is 0 Å². The van der Waals surface area contributed by atoms with Gasteiger partial charge in [0.05, 0.1) is 32.5 Å². The van der Waals surface area contributed by atoms with Crippen molar-refractivity contribution >= 4 is 22.5 Å². The largest absolute Gasteiger partial charge is 0.467 e. The van der Waals surface area contributed by atoms with Gasteiger partial charge in [0, 0.05) is 18.3 Å². The van der Waals surface area contributed by atoms with Crippen molar-refractivity contribution in [2.24, 2.45) is 0 Å². The van der Waals surface area contributed by atoms with E-state index in [1.807, 2.05) is 0 Å². The molecule has 0 spiro atoms. The Hall–Kier alpha value is -1.40. The predicted molar refractivity (Wildman–Crippen MR) is 333 cm³/mol. The van der Waals surface area contributed by atoms with Gasteiger partial charge in [0.15, 0.2) is 8.32 Å². The number of aromatic nitrogens is 2. The lowest BCUT2D eigenvalue weighted by Gasteiger charge is -2.42. The fourth-order valence-electron chi connectivity index (χ4n) is 12.2. The van der Waals surface area contributed by atoms with Crippen LogP contribution in [0.25, 0.3) is 4.85 Å². The third-order valence-electron chi connectivity index (χ3n) is 16.4. The third kappa shape index (κ3) is 35.4. The molecule has 0 unspecified atom stereocenters. The first-order valence-electron chi connectivity index (χ1n) is 32.6. The Kier molecular flexibility index (Phi) is 48.5. The molecule has 0 saturated heterocycles. The van der Waals surface area contributed by atoms with Crippen LogP contribution in [0.1, 0.15) is 302 Å². The molecule has 11 heteroatoms. The SMILES string of the molecule is CCCCCCCCCCCCCCCCCCOC[C@@H](O)CO[Si](C(C)C)(C(C)C)C(C)C.[C-]#[N+]c1ccc(O[C@H](COCCCCCCCCCCCCCCCCCC)CO[Si](C(C)C)(C(C)C)C(C)C)nn1. The van der Waals surface area contributed by atoms with Crippen LogP contribution in [0.3, 0.4) is 0 Å². The van der Waals surface area contributed by atoms with E-state index in [9.17, 15) is 5.11 Å². The van der Waals surface area contributed by atoms with E-state index in [0.29, 0.717) is 65.6 Å². The Labute approximate surface area is 475 Å². The Morgan fingerprint density at radius 2 is 0.711 bits per heavy atom. The summed E-state index contributed by atoms with van der Waals surface area (Å²) in [6, 6.07) is 3.35. The molecule has 1 rings (SSSR count). The number of hydrogen-bond acceptors (Lipinski definition) is 8. The maximum Gasteiger partial charge on any atom is 0.296 e. The van der Waals surface area contributed by atoms with Gasteiger partial charge >= 0.3 is 0 Å². The van der Waals surface area contributed by atoms with Crippen molar-refractivity contribution in [2.45, 2.75) is 348 Å². The van der Waals surface area contributed by atoms with E-state index in [4.69, 9.17) is 29.6 Å². The number of rotatable bonds is 52. The van der Waals surface area contributed by atoms with Crippen molar-refractivity contribution in [1.29, 1.82) is 0 Å². The summed E-state index contributed by atoms with van der Waals surface area (Å²) in [5.74, 6) is 0.675. The fraction of sp³-hybridized carbons (Fsp3) is 0.923. The topological polar surface area (TPSA) is 96.5 Å². The van der Waals surface area contributed by atoms with Crippen molar-refractivity contribution in [3.05, 3.63) is 23.5 Å². The Balaban J connectivity index is 0.00000152. The molecule has 1 N–H and O–H groups in total. The summed E-state index contributed by atoms with van der Waals surface area (Å²) in [7, 11) is -3.93. The number of ether oxygens (including phenoxy) is 3. The molecule has 0 radical (unpaired) electrons. The van der Waals surface area contributed by atoms with Gasteiger partial charge in [-0.05, 0) is 63.3 Å². The summed E-state index contributed by atoms with van der Waals surface area (Å²) in [6.45, 7) is 42.4. The summed E-state index contributed by atoms with van der Waals surface area (Å²) < 4.78 is 31.3. The number of nitrogens with zero attached hydrogens (tertiary/aromatic N) is 3. The van der Waals surface area contributed by atoms with Gasteiger partial charge in [-0.3, -0.25) is 0 Å². The summed E-state index contributed by atoms with van der Waals surface area (Å²) >= 11 is 0. The van der Waals surface area contributed by atoms with Gasteiger partial charge in [-0.1, -0.05) is 296 Å². The lowest BCUT2D eigenvalue weighted by molar-refractivity contribution is 0.00724. The molecule has 0 aliphatic heterocycles. The molecule has 1 aromatic rings. The molecule has 1 heterocycles. The average Bonchev–Trinajstić information content (AvgIpc) is 3.38. The lowest BCUT2D eigenvalue weighted by Crippen LogP contribution is -2.50. The molecule has 0 aliphatic carbocycles. The summed E-state index contributed by atoms with van der Waals surface area (Å²) in [4.78, 5) is 3.32. The van der Waals surface area contributed by atoms with Crippen LogP contribution >= 0.6 is 0 Å². The second kappa shape index (κ2) is 49.4. The lowest BCUT2D eigenvalue weighted by atomic mass is 10.0. The van der Waals surface area contributed by atoms with Crippen LogP contribution in [0.2, 0.25) is 33.2 Å². The van der Waals surface area contributed by atoms with E-state index in [0.717, 1.165) is 26.1 Å². The van der Waals surface area contributed by atoms with E-state index in [1.165, 1.54) is 193 Å². The summed E-state index contributed by atoms with van der Waals surface area (Å²) in [6.07, 6.45) is 43.2. The van der Waals surface area contributed by atoms with Crippen LogP contribution in [-0.4, -0.2) is 83.8 Å². The Morgan fingerprint density at radius 3 is 1.00 bits per heavy atom. The van der Waals surface area contributed by atoms with Crippen LogP contribution in [0.4, 0.5) is 5.82 Å². The molecule has 1 aromatic heterocycles. The zero-order valence-corrected chi connectivity index (χ0v) is 55.0. The second-order valence-corrected chi connectivity index (χ2v) is 35.7. The first kappa shape index (κ1) is 74.6. The molecule has 0 amide bonds. The first-order chi connectivity index (χ1) is 36.6. The molecule has 76 heavy (non-hydrogen) atoms. The number of hydrogen-bond donors (Lipinski definition) is 1. The quantitative estimate of drug-likeness (QED) is 0.0392. The minimum Gasteiger partial charge on any atom is -0.467 e. The van der Waals surface area contributed by atoms with E-state index in [2.05, 4.69) is 112 Å². The molecule has 0 fully saturated rings. The van der Waals surface area contributed by atoms with Crippen LogP contribution in [0.5, 0.6) is 5.88 Å². The van der Waals surface area contributed by atoms with Gasteiger partial charge in [0.2, 0.25) is 8.32 Å². The molecular weight excluding hydrogens is 975 g/mol. The van der Waals surface area contributed by atoms with Crippen LogP contribution in [-0.2, 0) is 18.3 Å². The van der Waals surface area contributed by atoms with Gasteiger partial charge in [-0.25, -0.2) is 0 Å². The second-order valence-electron chi connectivity index (χ2n) is 24.7. The van der Waals surface area contributed by atoms with Crippen LogP contribution in [0, 0.1) is 6.57 Å². The Bertz CT molecular complexity index is 1400. The molecule has 9 nitrogen and oxygen atoms in total. The molecule has 2 atom stereocenters. The van der Waals surface area contributed by atoms with Crippen molar-refractivity contribution < 1.29 is 28.2 Å². The monoisotopic (exact) mass is 1100 g/mol. The first-order valence-corrected chi connectivity index (χ1v) is 36.8. The molecular formula is C65H129N3O6Si2. The minimum atomic E-state index is -2.03. The fourth-order valence-corrected chi connectivity index (χ4v) is 23.1. The van der Waals surface area contributed by atoms with Crippen LogP contribution in [0.15, 0.2) is 12.1 Å². The van der Waals surface area contributed by atoms with E-state index in [1.54, 1.807) is 12.1 Å². The van der Waals surface area contributed by atoms with Gasteiger partial charge in [0.25, 0.3) is 11.7 Å². The number of aliphatic hydroxyl groups is 1. The predicted octanol–water partition coefficient (Wildman–Crippen LogP) is 21.1. The Morgan fingerprint density at radius 1 is 0.408 bits per heavy atom. The standard InChI is InChI=1S/C35H65N3O3Si.C30H64O3Si/c1-9-10-11-12-13-14-15-16-17-18-19-20-21-22-23-24-27-39-28-33(41-35-26-25-34(36-8)37-38-35)29-40-42(30(2)3,31(4)5)32(6)7;1-8-9-10-11-12-13-14-15-16-17-18-19-20-21-22-23-24-32-25-30(31)26-33-34(27(2)3,28(4)5)29(6)7/h25-26,30-33H,9-24,27-29H2,1-7H3;27-31H,8-26H2,1-7H3/t33-;30-/m11/s1. The minimum absolute atomic E-state index is 0.262. The summed E-state index contributed by atoms with van der Waals surface area (Å²) in [5.41, 5.74) is 3.15. The zero-order valence-electron chi connectivity index (χ0n) is 53.0. The highest BCUT2D eigenvalue weighted by Crippen LogP contribution is 2.43.